The van der Waals surface area contributed by atoms with Crippen LogP contribution < -0.4 is 10.5 Å². The first kappa shape index (κ1) is 10.4. The summed E-state index contributed by atoms with van der Waals surface area (Å²) in [6, 6.07) is 1.83. The topological polar surface area (TPSA) is 61.3 Å². The summed E-state index contributed by atoms with van der Waals surface area (Å²) in [6.07, 6.45) is 1.27. The van der Waals surface area contributed by atoms with E-state index in [1.54, 1.807) is 0 Å². The number of aromatic nitrogens is 1. The number of benzene rings is 1. The maximum absolute atomic E-state index is 13.4. The van der Waals surface area contributed by atoms with Crippen molar-refractivity contribution in [2.75, 3.05) is 12.8 Å². The van der Waals surface area contributed by atoms with Crippen LogP contribution in [-0.2, 0) is 0 Å². The Labute approximate surface area is 89.6 Å². The average Bonchev–Trinajstić information content (AvgIpc) is 2.63. The van der Waals surface area contributed by atoms with Gasteiger partial charge in [0.25, 0.3) is 0 Å². The Morgan fingerprint density at radius 3 is 2.62 bits per heavy atom. The average molecular weight is 226 g/mol. The van der Waals surface area contributed by atoms with E-state index in [1.807, 2.05) is 0 Å². The van der Waals surface area contributed by atoms with Crippen LogP contribution in [0.3, 0.4) is 0 Å². The number of rotatable bonds is 2. The fourth-order valence-corrected chi connectivity index (χ4v) is 1.42. The standard InChI is InChI=1S/C10H8F2N2O2/c1-15-9-6(2-5(11)3-8(9)12)7-4-14-16-10(7)13/h2-4H,13H2,1H3. The number of hydrogen-bond donors (Lipinski definition) is 1. The maximum Gasteiger partial charge on any atom is 0.230 e. The molecule has 1 heterocycles. The minimum Gasteiger partial charge on any atom is -0.493 e. The van der Waals surface area contributed by atoms with Crippen LogP contribution in [0.5, 0.6) is 5.75 Å². The zero-order valence-corrected chi connectivity index (χ0v) is 8.33. The molecular weight excluding hydrogens is 218 g/mol. The van der Waals surface area contributed by atoms with Gasteiger partial charge >= 0.3 is 0 Å². The van der Waals surface area contributed by atoms with Gasteiger partial charge in [-0.15, -0.1) is 0 Å². The van der Waals surface area contributed by atoms with Crippen LogP contribution in [0.15, 0.2) is 22.9 Å². The predicted octanol–water partition coefficient (Wildman–Crippen LogP) is 2.21. The SMILES string of the molecule is COc1c(F)cc(F)cc1-c1cnoc1N. The molecule has 0 aliphatic rings. The first-order valence-corrected chi connectivity index (χ1v) is 4.37. The molecule has 6 heteroatoms. The van der Waals surface area contributed by atoms with Gasteiger partial charge in [0.1, 0.15) is 5.82 Å². The number of anilines is 1. The number of hydrogen-bond acceptors (Lipinski definition) is 4. The highest BCUT2D eigenvalue weighted by Crippen LogP contribution is 2.36. The lowest BCUT2D eigenvalue weighted by Gasteiger charge is -2.08. The molecule has 0 bridgehead atoms. The summed E-state index contributed by atoms with van der Waals surface area (Å²) in [5, 5.41) is 3.43. The zero-order valence-electron chi connectivity index (χ0n) is 8.33. The molecule has 2 aromatic rings. The lowest BCUT2D eigenvalue weighted by Crippen LogP contribution is -1.95. The smallest absolute Gasteiger partial charge is 0.230 e. The summed E-state index contributed by atoms with van der Waals surface area (Å²) in [5.41, 5.74) is 5.92. The van der Waals surface area contributed by atoms with Crippen molar-refractivity contribution in [3.63, 3.8) is 0 Å². The molecule has 2 N–H and O–H groups in total. The molecule has 0 radical (unpaired) electrons. The second-order valence-electron chi connectivity index (χ2n) is 3.07. The van der Waals surface area contributed by atoms with Crippen molar-refractivity contribution in [3.05, 3.63) is 30.0 Å². The van der Waals surface area contributed by atoms with Crippen LogP contribution in [0.2, 0.25) is 0 Å². The third-order valence-corrected chi connectivity index (χ3v) is 2.10. The molecule has 0 fully saturated rings. The molecule has 0 saturated heterocycles. The molecule has 0 aliphatic carbocycles. The number of nitrogen functional groups attached to an aromatic ring is 1. The van der Waals surface area contributed by atoms with Gasteiger partial charge in [-0.2, -0.15) is 0 Å². The normalized spacial score (nSPS) is 10.4. The van der Waals surface area contributed by atoms with Crippen LogP contribution in [-0.4, -0.2) is 12.3 Å². The van der Waals surface area contributed by atoms with Gasteiger partial charge < -0.3 is 15.0 Å². The van der Waals surface area contributed by atoms with Gasteiger partial charge in [0.15, 0.2) is 11.6 Å². The van der Waals surface area contributed by atoms with E-state index >= 15 is 0 Å². The number of halogens is 2. The fraction of sp³-hybridized carbons (Fsp3) is 0.100. The lowest BCUT2D eigenvalue weighted by molar-refractivity contribution is 0.386. The highest BCUT2D eigenvalue weighted by atomic mass is 19.1. The van der Waals surface area contributed by atoms with Crippen molar-refractivity contribution in [2.24, 2.45) is 0 Å². The Kier molecular flexibility index (Phi) is 2.47. The highest BCUT2D eigenvalue weighted by molar-refractivity contribution is 5.77. The Morgan fingerprint density at radius 2 is 2.06 bits per heavy atom. The largest absolute Gasteiger partial charge is 0.493 e. The fourth-order valence-electron chi connectivity index (χ4n) is 1.42. The van der Waals surface area contributed by atoms with Gasteiger partial charge in [0.05, 0.1) is 18.9 Å². The molecule has 4 nitrogen and oxygen atoms in total. The molecule has 0 saturated carbocycles. The molecule has 0 spiro atoms. The summed E-state index contributed by atoms with van der Waals surface area (Å²) >= 11 is 0. The van der Waals surface area contributed by atoms with Crippen molar-refractivity contribution < 1.29 is 18.0 Å². The minimum atomic E-state index is -0.807. The quantitative estimate of drug-likeness (QED) is 0.852. The second-order valence-corrected chi connectivity index (χ2v) is 3.07. The van der Waals surface area contributed by atoms with E-state index < -0.39 is 11.6 Å². The molecule has 0 atom stereocenters. The molecular formula is C10H8F2N2O2. The molecule has 1 aromatic carbocycles. The minimum absolute atomic E-state index is 0.0247. The first-order chi connectivity index (χ1) is 7.63. The summed E-state index contributed by atoms with van der Waals surface area (Å²) in [4.78, 5) is 0. The van der Waals surface area contributed by atoms with E-state index in [0.717, 1.165) is 12.1 Å². The van der Waals surface area contributed by atoms with E-state index in [1.165, 1.54) is 13.3 Å². The van der Waals surface area contributed by atoms with Gasteiger partial charge in [-0.1, -0.05) is 5.16 Å². The van der Waals surface area contributed by atoms with Crippen molar-refractivity contribution in [1.82, 2.24) is 5.16 Å². The Balaban J connectivity index is 2.68. The summed E-state index contributed by atoms with van der Waals surface area (Å²) in [6.45, 7) is 0. The number of methoxy groups -OCH3 is 1. The monoisotopic (exact) mass is 226 g/mol. The molecule has 2 rings (SSSR count). The molecule has 0 unspecified atom stereocenters. The Hall–Kier alpha value is -2.11. The lowest BCUT2D eigenvalue weighted by atomic mass is 10.1. The van der Waals surface area contributed by atoms with Gasteiger partial charge in [-0.05, 0) is 6.07 Å². The Morgan fingerprint density at radius 1 is 1.31 bits per heavy atom. The van der Waals surface area contributed by atoms with Crippen LogP contribution in [0.4, 0.5) is 14.7 Å². The van der Waals surface area contributed by atoms with Crippen molar-refractivity contribution in [3.8, 4) is 16.9 Å². The van der Waals surface area contributed by atoms with Gasteiger partial charge in [0.2, 0.25) is 5.88 Å². The van der Waals surface area contributed by atoms with Gasteiger partial charge in [-0.25, -0.2) is 8.78 Å². The van der Waals surface area contributed by atoms with E-state index in [9.17, 15) is 8.78 Å². The van der Waals surface area contributed by atoms with E-state index in [2.05, 4.69) is 9.68 Å². The first-order valence-electron chi connectivity index (χ1n) is 4.37. The Bertz CT molecular complexity index is 526. The second kappa shape index (κ2) is 3.80. The summed E-state index contributed by atoms with van der Waals surface area (Å²) < 4.78 is 35.9. The molecule has 1 aromatic heterocycles. The molecule has 16 heavy (non-hydrogen) atoms. The summed E-state index contributed by atoms with van der Waals surface area (Å²) in [5.74, 6) is -1.66. The molecule has 84 valence electrons. The third kappa shape index (κ3) is 1.58. The van der Waals surface area contributed by atoms with E-state index in [0.29, 0.717) is 0 Å². The van der Waals surface area contributed by atoms with Crippen molar-refractivity contribution in [2.45, 2.75) is 0 Å². The predicted molar refractivity (Wildman–Crippen MR) is 52.8 cm³/mol. The molecule has 0 amide bonds. The van der Waals surface area contributed by atoms with Crippen LogP contribution in [0.25, 0.3) is 11.1 Å². The number of nitrogens with zero attached hydrogens (tertiary/aromatic N) is 1. The van der Waals surface area contributed by atoms with E-state index in [4.69, 9.17) is 10.5 Å². The van der Waals surface area contributed by atoms with Crippen LogP contribution in [0.1, 0.15) is 0 Å². The van der Waals surface area contributed by atoms with Crippen molar-refractivity contribution >= 4 is 5.88 Å². The number of nitrogens with two attached hydrogens (primary N) is 1. The zero-order chi connectivity index (χ0) is 11.7. The number of ether oxygens (including phenoxy) is 1. The maximum atomic E-state index is 13.4. The van der Waals surface area contributed by atoms with Gasteiger partial charge in [0, 0.05) is 11.6 Å². The molecule has 0 aliphatic heterocycles. The van der Waals surface area contributed by atoms with Gasteiger partial charge in [-0.3, -0.25) is 0 Å². The highest BCUT2D eigenvalue weighted by Gasteiger charge is 2.17. The van der Waals surface area contributed by atoms with Crippen LogP contribution >= 0.6 is 0 Å². The third-order valence-electron chi connectivity index (χ3n) is 2.10. The van der Waals surface area contributed by atoms with E-state index in [-0.39, 0.29) is 22.8 Å². The summed E-state index contributed by atoms with van der Waals surface area (Å²) in [7, 11) is 1.28. The van der Waals surface area contributed by atoms with Crippen molar-refractivity contribution in [1.29, 1.82) is 0 Å². The van der Waals surface area contributed by atoms with Crippen LogP contribution in [0, 0.1) is 11.6 Å².